The first-order valence-corrected chi connectivity index (χ1v) is 7.37. The molecule has 0 N–H and O–H groups in total. The number of aromatic nitrogens is 1. The Morgan fingerprint density at radius 1 is 1.14 bits per heavy atom. The second kappa shape index (κ2) is 5.97. The summed E-state index contributed by atoms with van der Waals surface area (Å²) in [4.78, 5) is 15.4. The van der Waals surface area contributed by atoms with Crippen molar-refractivity contribution in [2.24, 2.45) is 0 Å². The van der Waals surface area contributed by atoms with E-state index >= 15 is 0 Å². The number of hydrogen-bond donors (Lipinski definition) is 0. The normalized spacial score (nSPS) is 10.5. The van der Waals surface area contributed by atoms with Gasteiger partial charge in [-0.1, -0.05) is 36.4 Å². The van der Waals surface area contributed by atoms with Gasteiger partial charge in [0.25, 0.3) is 0 Å². The molecule has 0 atom stereocenters. The van der Waals surface area contributed by atoms with Gasteiger partial charge in [0.15, 0.2) is 6.29 Å². The van der Waals surface area contributed by atoms with Gasteiger partial charge in [-0.05, 0) is 17.7 Å². The minimum absolute atomic E-state index is 0.0901. The molecule has 0 radical (unpaired) electrons. The average molecular weight is 297 g/mol. The number of carbonyl (C=O) groups is 1. The molecule has 3 rings (SSSR count). The molecular weight excluding hydrogens is 285 g/mol. The second-order valence-corrected chi connectivity index (χ2v) is 5.59. The van der Waals surface area contributed by atoms with Crippen LogP contribution in [0, 0.1) is 5.82 Å². The maximum atomic E-state index is 13.3. The molecule has 0 bridgehead atoms. The van der Waals surface area contributed by atoms with Crippen LogP contribution in [0.2, 0.25) is 0 Å². The van der Waals surface area contributed by atoms with Crippen LogP contribution in [0.25, 0.3) is 11.3 Å². The molecule has 4 heteroatoms. The fraction of sp³-hybridized carbons (Fsp3) is 0.0588. The molecular formula is C17H12FNOS. The molecule has 0 amide bonds. The Bertz CT molecular complexity index is 767. The number of benzene rings is 2. The minimum Gasteiger partial charge on any atom is -0.298 e. The number of nitrogens with zero attached hydrogens (tertiary/aromatic N) is 1. The zero-order valence-electron chi connectivity index (χ0n) is 11.1. The molecule has 0 aliphatic heterocycles. The van der Waals surface area contributed by atoms with Crippen molar-refractivity contribution in [1.29, 1.82) is 0 Å². The van der Waals surface area contributed by atoms with Crippen molar-refractivity contribution < 1.29 is 9.18 Å². The van der Waals surface area contributed by atoms with E-state index in [9.17, 15) is 9.18 Å². The van der Waals surface area contributed by atoms with Gasteiger partial charge in [-0.15, -0.1) is 11.3 Å². The Hall–Kier alpha value is -2.33. The molecule has 1 aromatic heterocycles. The lowest BCUT2D eigenvalue weighted by Gasteiger charge is -2.00. The van der Waals surface area contributed by atoms with Gasteiger partial charge in [-0.2, -0.15) is 0 Å². The number of aldehydes is 1. The molecule has 0 aliphatic rings. The highest BCUT2D eigenvalue weighted by Crippen LogP contribution is 2.23. The summed E-state index contributed by atoms with van der Waals surface area (Å²) in [6, 6.07) is 14.5. The molecule has 3 aromatic rings. The summed E-state index contributed by atoms with van der Waals surface area (Å²) < 4.78 is 13.3. The summed E-state index contributed by atoms with van der Waals surface area (Å²) in [5.74, 6) is -0.488. The highest BCUT2D eigenvalue weighted by molar-refractivity contribution is 7.10. The molecule has 21 heavy (non-hydrogen) atoms. The summed E-state index contributed by atoms with van der Waals surface area (Å²) >= 11 is 1.56. The van der Waals surface area contributed by atoms with Gasteiger partial charge >= 0.3 is 0 Å². The van der Waals surface area contributed by atoms with E-state index in [2.05, 4.69) is 4.98 Å². The molecule has 1 heterocycles. The highest BCUT2D eigenvalue weighted by atomic mass is 32.1. The summed E-state index contributed by atoms with van der Waals surface area (Å²) in [7, 11) is 0. The van der Waals surface area contributed by atoms with E-state index in [0.717, 1.165) is 21.8 Å². The van der Waals surface area contributed by atoms with Gasteiger partial charge in [-0.3, -0.25) is 4.79 Å². The van der Waals surface area contributed by atoms with E-state index in [1.165, 1.54) is 6.07 Å². The first-order valence-electron chi connectivity index (χ1n) is 6.49. The molecule has 0 fully saturated rings. The first-order chi connectivity index (χ1) is 10.3. The average Bonchev–Trinajstić information content (AvgIpc) is 2.98. The van der Waals surface area contributed by atoms with Crippen molar-refractivity contribution in [1.82, 2.24) is 4.98 Å². The predicted molar refractivity (Wildman–Crippen MR) is 82.1 cm³/mol. The van der Waals surface area contributed by atoms with Crippen LogP contribution in [-0.4, -0.2) is 11.3 Å². The molecule has 0 saturated heterocycles. The molecule has 0 spiro atoms. The van der Waals surface area contributed by atoms with Crippen LogP contribution < -0.4 is 0 Å². The van der Waals surface area contributed by atoms with E-state index in [-0.39, 0.29) is 5.56 Å². The number of carbonyl (C=O) groups excluding carboxylic acids is 1. The smallest absolute Gasteiger partial charge is 0.153 e. The van der Waals surface area contributed by atoms with Crippen molar-refractivity contribution in [3.63, 3.8) is 0 Å². The largest absolute Gasteiger partial charge is 0.298 e. The molecule has 0 aliphatic carbocycles. The van der Waals surface area contributed by atoms with Crippen molar-refractivity contribution in [2.75, 3.05) is 0 Å². The van der Waals surface area contributed by atoms with E-state index in [1.807, 2.05) is 35.7 Å². The number of hydrogen-bond acceptors (Lipinski definition) is 3. The van der Waals surface area contributed by atoms with Crippen LogP contribution in [0.5, 0.6) is 0 Å². The molecule has 104 valence electrons. The third-order valence-corrected chi connectivity index (χ3v) is 4.01. The lowest BCUT2D eigenvalue weighted by molar-refractivity contribution is 0.111. The fourth-order valence-corrected chi connectivity index (χ4v) is 2.94. The van der Waals surface area contributed by atoms with E-state index in [1.54, 1.807) is 23.5 Å². The number of rotatable bonds is 4. The lowest BCUT2D eigenvalue weighted by atomic mass is 10.1. The van der Waals surface area contributed by atoms with E-state index in [0.29, 0.717) is 12.7 Å². The van der Waals surface area contributed by atoms with Gasteiger partial charge in [0, 0.05) is 17.4 Å². The third kappa shape index (κ3) is 3.06. The Morgan fingerprint density at radius 2 is 1.95 bits per heavy atom. The Kier molecular flexibility index (Phi) is 3.88. The first kappa shape index (κ1) is 13.6. The zero-order valence-corrected chi connectivity index (χ0v) is 11.9. The van der Waals surface area contributed by atoms with Gasteiger partial charge in [-0.25, -0.2) is 9.37 Å². The van der Waals surface area contributed by atoms with Crippen molar-refractivity contribution in [3.05, 3.63) is 75.9 Å². The maximum Gasteiger partial charge on any atom is 0.153 e. The lowest BCUT2D eigenvalue weighted by Crippen LogP contribution is -1.93. The quantitative estimate of drug-likeness (QED) is 0.670. The maximum absolute atomic E-state index is 13.3. The van der Waals surface area contributed by atoms with Gasteiger partial charge in [0.2, 0.25) is 0 Å². The van der Waals surface area contributed by atoms with Crippen molar-refractivity contribution >= 4 is 17.6 Å². The van der Waals surface area contributed by atoms with Gasteiger partial charge < -0.3 is 0 Å². The Labute approximate surface area is 125 Å². The Morgan fingerprint density at radius 3 is 2.71 bits per heavy atom. The summed E-state index contributed by atoms with van der Waals surface area (Å²) in [6.45, 7) is 0. The number of halogens is 1. The molecule has 0 saturated carbocycles. The van der Waals surface area contributed by atoms with E-state index < -0.39 is 5.82 Å². The minimum atomic E-state index is -0.488. The van der Waals surface area contributed by atoms with Crippen molar-refractivity contribution in [3.8, 4) is 11.3 Å². The molecule has 2 nitrogen and oxygen atoms in total. The van der Waals surface area contributed by atoms with Crippen LogP contribution in [0.3, 0.4) is 0 Å². The standard InChI is InChI=1S/C17H12FNOS/c18-15-7-6-12(8-14(15)10-20)9-17-19-16(11-21-17)13-4-2-1-3-5-13/h1-8,10-11H,9H2. The third-order valence-electron chi connectivity index (χ3n) is 3.16. The van der Waals surface area contributed by atoms with Crippen LogP contribution in [-0.2, 0) is 6.42 Å². The Balaban J connectivity index is 1.83. The van der Waals surface area contributed by atoms with Crippen LogP contribution >= 0.6 is 11.3 Å². The number of thiazole rings is 1. The summed E-state index contributed by atoms with van der Waals surface area (Å²) in [5, 5.41) is 2.95. The zero-order chi connectivity index (χ0) is 14.7. The molecule has 0 unspecified atom stereocenters. The van der Waals surface area contributed by atoms with Gasteiger partial charge in [0.05, 0.1) is 16.3 Å². The SMILES string of the molecule is O=Cc1cc(Cc2nc(-c3ccccc3)cs2)ccc1F. The summed E-state index contributed by atoms with van der Waals surface area (Å²) in [5.41, 5.74) is 2.99. The van der Waals surface area contributed by atoms with E-state index in [4.69, 9.17) is 0 Å². The highest BCUT2D eigenvalue weighted by Gasteiger charge is 2.07. The topological polar surface area (TPSA) is 30.0 Å². The fourth-order valence-electron chi connectivity index (χ4n) is 2.10. The monoisotopic (exact) mass is 297 g/mol. The second-order valence-electron chi connectivity index (χ2n) is 4.64. The summed E-state index contributed by atoms with van der Waals surface area (Å²) in [6.07, 6.45) is 1.13. The molecule has 2 aromatic carbocycles. The van der Waals surface area contributed by atoms with Crippen molar-refractivity contribution in [2.45, 2.75) is 6.42 Å². The van der Waals surface area contributed by atoms with Gasteiger partial charge in [0.1, 0.15) is 5.82 Å². The van der Waals surface area contributed by atoms with Crippen LogP contribution in [0.1, 0.15) is 20.9 Å². The van der Waals surface area contributed by atoms with Crippen LogP contribution in [0.15, 0.2) is 53.9 Å². The van der Waals surface area contributed by atoms with Crippen LogP contribution in [0.4, 0.5) is 4.39 Å². The predicted octanol–water partition coefficient (Wildman–Crippen LogP) is 4.35.